The Balaban J connectivity index is 1.92. The van der Waals surface area contributed by atoms with Gasteiger partial charge in [0.25, 0.3) is 0 Å². The summed E-state index contributed by atoms with van der Waals surface area (Å²) in [5.74, 6) is 1.20. The molecule has 0 fully saturated rings. The highest BCUT2D eigenvalue weighted by molar-refractivity contribution is 7.09. The first kappa shape index (κ1) is 14.2. The highest BCUT2D eigenvalue weighted by atomic mass is 32.1. The number of hydrogen-bond donors (Lipinski definition) is 3. The second kappa shape index (κ2) is 6.36. The molecule has 0 saturated heterocycles. The molecular formula is C14H20N6S. The van der Waals surface area contributed by atoms with Gasteiger partial charge in [0.2, 0.25) is 5.95 Å². The van der Waals surface area contributed by atoms with Crippen LogP contribution in [0.25, 0.3) is 0 Å². The third kappa shape index (κ3) is 3.14. The summed E-state index contributed by atoms with van der Waals surface area (Å²) in [6.07, 6.45) is 4.60. The van der Waals surface area contributed by atoms with E-state index in [9.17, 15) is 0 Å². The molecule has 1 aliphatic rings. The lowest BCUT2D eigenvalue weighted by molar-refractivity contribution is 0.707. The first-order valence-electron chi connectivity index (χ1n) is 7.29. The molecule has 0 aromatic carbocycles. The van der Waals surface area contributed by atoms with Crippen LogP contribution in [0.4, 0.5) is 11.8 Å². The molecule has 2 aromatic rings. The summed E-state index contributed by atoms with van der Waals surface area (Å²) in [5.41, 5.74) is 8.12. The Morgan fingerprint density at radius 1 is 1.38 bits per heavy atom. The fourth-order valence-electron chi connectivity index (χ4n) is 2.59. The smallest absolute Gasteiger partial charge is 0.222 e. The number of nitrogens with two attached hydrogens (primary N) is 1. The third-order valence-electron chi connectivity index (χ3n) is 3.67. The molecular weight excluding hydrogens is 284 g/mol. The van der Waals surface area contributed by atoms with Gasteiger partial charge in [-0.1, -0.05) is 6.92 Å². The normalized spacial score (nSPS) is 16.0. The van der Waals surface area contributed by atoms with E-state index in [0.29, 0.717) is 5.95 Å². The van der Waals surface area contributed by atoms with Crippen molar-refractivity contribution in [2.75, 3.05) is 24.1 Å². The molecule has 4 N–H and O–H groups in total. The number of aromatic nitrogens is 3. The van der Waals surface area contributed by atoms with Gasteiger partial charge in [-0.25, -0.2) is 9.97 Å². The van der Waals surface area contributed by atoms with Gasteiger partial charge in [0.1, 0.15) is 10.8 Å². The fraction of sp³-hybridized carbons (Fsp3) is 0.500. The van der Waals surface area contributed by atoms with Gasteiger partial charge in [0.15, 0.2) is 0 Å². The summed E-state index contributed by atoms with van der Waals surface area (Å²) in [6, 6.07) is 0.166. The molecule has 7 heteroatoms. The third-order valence-corrected chi connectivity index (χ3v) is 4.56. The van der Waals surface area contributed by atoms with Crippen LogP contribution in [0, 0.1) is 0 Å². The van der Waals surface area contributed by atoms with Crippen molar-refractivity contribution in [3.8, 4) is 0 Å². The average Bonchev–Trinajstić information content (AvgIpc) is 2.90. The predicted octanol–water partition coefficient (Wildman–Crippen LogP) is 1.77. The van der Waals surface area contributed by atoms with Crippen molar-refractivity contribution >= 4 is 23.1 Å². The molecule has 2 aromatic heterocycles. The number of rotatable bonds is 4. The van der Waals surface area contributed by atoms with E-state index < -0.39 is 0 Å². The predicted molar refractivity (Wildman–Crippen MR) is 85.5 cm³/mol. The van der Waals surface area contributed by atoms with Crippen LogP contribution in [0.1, 0.15) is 35.7 Å². The summed E-state index contributed by atoms with van der Waals surface area (Å²) in [4.78, 5) is 13.2. The number of fused-ring (bicyclic) bond motifs is 1. The fourth-order valence-corrected chi connectivity index (χ4v) is 3.37. The van der Waals surface area contributed by atoms with Gasteiger partial charge in [-0.2, -0.15) is 4.98 Å². The lowest BCUT2D eigenvalue weighted by Gasteiger charge is -2.19. The SMILES string of the molecule is CC[C@H](Nc1nc(N)nc2c1CCNCC2)c1nccs1. The van der Waals surface area contributed by atoms with Crippen LogP contribution < -0.4 is 16.4 Å². The van der Waals surface area contributed by atoms with Crippen molar-refractivity contribution in [3.05, 3.63) is 27.8 Å². The minimum Gasteiger partial charge on any atom is -0.368 e. The van der Waals surface area contributed by atoms with E-state index in [0.717, 1.165) is 48.9 Å². The zero-order valence-corrected chi connectivity index (χ0v) is 12.9. The molecule has 112 valence electrons. The second-order valence-corrected chi connectivity index (χ2v) is 6.01. The highest BCUT2D eigenvalue weighted by Crippen LogP contribution is 2.27. The number of anilines is 2. The maximum Gasteiger partial charge on any atom is 0.222 e. The van der Waals surface area contributed by atoms with Crippen molar-refractivity contribution in [3.63, 3.8) is 0 Å². The van der Waals surface area contributed by atoms with Gasteiger partial charge in [0, 0.05) is 30.1 Å². The first-order chi connectivity index (χ1) is 10.3. The molecule has 3 rings (SSSR count). The Kier molecular flexibility index (Phi) is 4.31. The Morgan fingerprint density at radius 3 is 3.00 bits per heavy atom. The molecule has 0 saturated carbocycles. The minimum atomic E-state index is 0.166. The molecule has 0 aliphatic carbocycles. The monoisotopic (exact) mass is 304 g/mol. The zero-order valence-electron chi connectivity index (χ0n) is 12.1. The number of thiazole rings is 1. The number of nitrogen functional groups attached to an aromatic ring is 1. The highest BCUT2D eigenvalue weighted by Gasteiger charge is 2.19. The second-order valence-electron chi connectivity index (χ2n) is 5.08. The van der Waals surface area contributed by atoms with E-state index >= 15 is 0 Å². The van der Waals surface area contributed by atoms with Gasteiger partial charge in [0.05, 0.1) is 11.7 Å². The van der Waals surface area contributed by atoms with Gasteiger partial charge in [-0.05, 0) is 19.4 Å². The quantitative estimate of drug-likeness (QED) is 0.798. The molecule has 1 atom stereocenters. The maximum atomic E-state index is 5.87. The standard InChI is InChI=1S/C14H20N6S/c1-2-10(13-17-7-8-21-13)18-12-9-3-5-16-6-4-11(9)19-14(15)20-12/h7-8,10,16H,2-6H2,1H3,(H3,15,18,19,20)/t10-/m0/s1. The summed E-state index contributed by atoms with van der Waals surface area (Å²) in [6.45, 7) is 4.03. The minimum absolute atomic E-state index is 0.166. The summed E-state index contributed by atoms with van der Waals surface area (Å²) >= 11 is 1.66. The average molecular weight is 304 g/mol. The van der Waals surface area contributed by atoms with Crippen LogP contribution in [0.3, 0.4) is 0 Å². The van der Waals surface area contributed by atoms with Crippen LogP contribution in [-0.2, 0) is 12.8 Å². The molecule has 0 spiro atoms. The Bertz CT molecular complexity index is 598. The lowest BCUT2D eigenvalue weighted by Crippen LogP contribution is -2.17. The van der Waals surface area contributed by atoms with Crippen LogP contribution in [-0.4, -0.2) is 28.0 Å². The van der Waals surface area contributed by atoms with Crippen molar-refractivity contribution < 1.29 is 0 Å². The molecule has 6 nitrogen and oxygen atoms in total. The zero-order chi connectivity index (χ0) is 14.7. The summed E-state index contributed by atoms with van der Waals surface area (Å²) in [7, 11) is 0. The van der Waals surface area contributed by atoms with Crippen LogP contribution in [0.5, 0.6) is 0 Å². The van der Waals surface area contributed by atoms with E-state index in [1.165, 1.54) is 5.56 Å². The van der Waals surface area contributed by atoms with Crippen LogP contribution in [0.2, 0.25) is 0 Å². The molecule has 0 bridgehead atoms. The van der Waals surface area contributed by atoms with Gasteiger partial charge in [-0.3, -0.25) is 0 Å². The summed E-state index contributed by atoms with van der Waals surface area (Å²) < 4.78 is 0. The summed E-state index contributed by atoms with van der Waals surface area (Å²) in [5, 5.41) is 9.98. The number of nitrogens with zero attached hydrogens (tertiary/aromatic N) is 3. The number of nitrogens with one attached hydrogen (secondary N) is 2. The lowest BCUT2D eigenvalue weighted by atomic mass is 10.1. The topological polar surface area (TPSA) is 88.8 Å². The molecule has 3 heterocycles. The number of hydrogen-bond acceptors (Lipinski definition) is 7. The molecule has 0 radical (unpaired) electrons. The first-order valence-corrected chi connectivity index (χ1v) is 8.17. The largest absolute Gasteiger partial charge is 0.368 e. The van der Waals surface area contributed by atoms with E-state index in [-0.39, 0.29) is 6.04 Å². The van der Waals surface area contributed by atoms with Crippen molar-refractivity contribution in [2.24, 2.45) is 0 Å². The van der Waals surface area contributed by atoms with Crippen molar-refractivity contribution in [1.82, 2.24) is 20.3 Å². The Hall–Kier alpha value is -1.73. The van der Waals surface area contributed by atoms with Crippen LogP contribution in [0.15, 0.2) is 11.6 Å². The van der Waals surface area contributed by atoms with Crippen LogP contribution >= 0.6 is 11.3 Å². The van der Waals surface area contributed by atoms with Crippen molar-refractivity contribution in [2.45, 2.75) is 32.2 Å². The Labute approximate surface area is 128 Å². The maximum absolute atomic E-state index is 5.87. The van der Waals surface area contributed by atoms with Crippen molar-refractivity contribution in [1.29, 1.82) is 0 Å². The van der Waals surface area contributed by atoms with E-state index in [2.05, 4.69) is 32.5 Å². The van der Waals surface area contributed by atoms with E-state index in [1.54, 1.807) is 11.3 Å². The Morgan fingerprint density at radius 2 is 2.24 bits per heavy atom. The molecule has 0 amide bonds. The molecule has 21 heavy (non-hydrogen) atoms. The van der Waals surface area contributed by atoms with Gasteiger partial charge in [-0.15, -0.1) is 11.3 Å². The van der Waals surface area contributed by atoms with E-state index in [4.69, 9.17) is 5.73 Å². The van der Waals surface area contributed by atoms with Gasteiger partial charge < -0.3 is 16.4 Å². The van der Waals surface area contributed by atoms with Gasteiger partial charge >= 0.3 is 0 Å². The van der Waals surface area contributed by atoms with E-state index in [1.807, 2.05) is 11.6 Å². The molecule has 0 unspecified atom stereocenters. The molecule has 1 aliphatic heterocycles.